The summed E-state index contributed by atoms with van der Waals surface area (Å²) in [6, 6.07) is 0. The van der Waals surface area contributed by atoms with E-state index in [1.807, 2.05) is 6.92 Å². The first-order chi connectivity index (χ1) is 3.72. The molecule has 0 saturated carbocycles. The van der Waals surface area contributed by atoms with Crippen molar-refractivity contribution in [3.05, 3.63) is 0 Å². The number of aliphatic hydroxyl groups is 1. The van der Waals surface area contributed by atoms with Crippen LogP contribution >= 0.6 is 25.3 Å². The molecule has 3 heteroatoms. The van der Waals surface area contributed by atoms with Crippen LogP contribution < -0.4 is 0 Å². The van der Waals surface area contributed by atoms with Crippen LogP contribution in [0, 0.1) is 5.92 Å². The van der Waals surface area contributed by atoms with Crippen molar-refractivity contribution in [1.29, 1.82) is 0 Å². The first-order valence-corrected chi connectivity index (χ1v) is 3.77. The van der Waals surface area contributed by atoms with Crippen LogP contribution in [0.2, 0.25) is 0 Å². The Hall–Kier alpha value is 0.660. The van der Waals surface area contributed by atoms with Gasteiger partial charge in [0.1, 0.15) is 0 Å². The van der Waals surface area contributed by atoms with Gasteiger partial charge >= 0.3 is 0 Å². The molecule has 0 rings (SSSR count). The lowest BCUT2D eigenvalue weighted by atomic mass is 10.1. The molecule has 0 amide bonds. The van der Waals surface area contributed by atoms with E-state index in [2.05, 4.69) is 25.3 Å². The van der Waals surface area contributed by atoms with Crippen LogP contribution in [0.1, 0.15) is 6.92 Å². The Bertz CT molecular complexity index is 50.4. The molecule has 0 saturated heterocycles. The van der Waals surface area contributed by atoms with Gasteiger partial charge in [0.05, 0.1) is 0 Å². The monoisotopic (exact) mass is 152 g/mol. The van der Waals surface area contributed by atoms with Crippen molar-refractivity contribution in [3.63, 3.8) is 0 Å². The van der Waals surface area contributed by atoms with Crippen molar-refractivity contribution in [1.82, 2.24) is 0 Å². The second-order valence-corrected chi connectivity index (χ2v) is 2.94. The fraction of sp³-hybridized carbons (Fsp3) is 1.00. The van der Waals surface area contributed by atoms with E-state index in [9.17, 15) is 0 Å². The Morgan fingerprint density at radius 2 is 2.12 bits per heavy atom. The summed E-state index contributed by atoms with van der Waals surface area (Å²) in [6.07, 6.45) is 0. The highest BCUT2D eigenvalue weighted by atomic mass is 32.1. The minimum absolute atomic E-state index is 0.203. The summed E-state index contributed by atoms with van der Waals surface area (Å²) in [5, 5.41) is 8.78. The molecular weight excluding hydrogens is 140 g/mol. The van der Waals surface area contributed by atoms with E-state index in [0.29, 0.717) is 0 Å². The van der Waals surface area contributed by atoms with Gasteiger partial charge < -0.3 is 5.11 Å². The Balaban J connectivity index is 3.29. The van der Waals surface area contributed by atoms with Gasteiger partial charge in [-0.25, -0.2) is 0 Å². The fourth-order valence-electron chi connectivity index (χ4n) is 0.302. The van der Waals surface area contributed by atoms with E-state index in [1.54, 1.807) is 0 Å². The third-order valence-corrected chi connectivity index (χ3v) is 2.50. The standard InChI is InChI=1S/C5H12OS2/c1-4(2-6)5(8)3-7/h4-8H,2-3H2,1H3. The van der Waals surface area contributed by atoms with Crippen molar-refractivity contribution >= 4 is 25.3 Å². The molecule has 0 heterocycles. The van der Waals surface area contributed by atoms with Gasteiger partial charge in [0.2, 0.25) is 0 Å². The van der Waals surface area contributed by atoms with Gasteiger partial charge in [0.25, 0.3) is 0 Å². The molecule has 0 aliphatic heterocycles. The molecule has 0 aromatic rings. The number of aliphatic hydroxyl groups excluding tert-OH is 1. The third-order valence-electron chi connectivity index (χ3n) is 1.13. The molecule has 0 aliphatic carbocycles. The molecule has 0 aromatic heterocycles. The van der Waals surface area contributed by atoms with Gasteiger partial charge in [0.15, 0.2) is 0 Å². The van der Waals surface area contributed by atoms with Gasteiger partial charge in [-0.1, -0.05) is 6.92 Å². The Kier molecular flexibility index (Phi) is 4.90. The SMILES string of the molecule is CC(CO)C(S)CS. The summed E-state index contributed by atoms with van der Waals surface area (Å²) in [6.45, 7) is 2.16. The molecule has 0 aliphatic rings. The molecule has 0 bridgehead atoms. The topological polar surface area (TPSA) is 20.2 Å². The molecule has 0 fully saturated rings. The molecule has 2 unspecified atom stereocenters. The Labute approximate surface area is 61.3 Å². The highest BCUT2D eigenvalue weighted by Gasteiger charge is 2.08. The van der Waals surface area contributed by atoms with Gasteiger partial charge in [0, 0.05) is 17.6 Å². The average Bonchev–Trinajstić information content (AvgIpc) is 1.84. The molecular formula is C5H12OS2. The highest BCUT2D eigenvalue weighted by Crippen LogP contribution is 2.09. The van der Waals surface area contributed by atoms with Crippen LogP contribution in [0.15, 0.2) is 0 Å². The molecule has 1 N–H and O–H groups in total. The summed E-state index contributed by atoms with van der Waals surface area (Å²) in [5.74, 6) is 0.987. The van der Waals surface area contributed by atoms with Crippen LogP contribution in [-0.2, 0) is 0 Å². The second-order valence-electron chi connectivity index (χ2n) is 1.91. The van der Waals surface area contributed by atoms with Crippen molar-refractivity contribution in [3.8, 4) is 0 Å². The number of rotatable bonds is 3. The summed E-state index contributed by atoms with van der Waals surface area (Å²) in [5.41, 5.74) is 0. The first kappa shape index (κ1) is 8.66. The Morgan fingerprint density at radius 1 is 1.62 bits per heavy atom. The van der Waals surface area contributed by atoms with E-state index in [4.69, 9.17) is 5.11 Å². The molecule has 0 spiro atoms. The van der Waals surface area contributed by atoms with Crippen LogP contribution in [0.5, 0.6) is 0 Å². The lowest BCUT2D eigenvalue weighted by Crippen LogP contribution is -2.16. The summed E-state index contributed by atoms with van der Waals surface area (Å²) < 4.78 is 0. The minimum atomic E-state index is 0.203. The van der Waals surface area contributed by atoms with E-state index in [1.165, 1.54) is 0 Å². The molecule has 2 atom stereocenters. The van der Waals surface area contributed by atoms with Gasteiger partial charge in [-0.2, -0.15) is 25.3 Å². The van der Waals surface area contributed by atoms with Crippen LogP contribution in [0.25, 0.3) is 0 Å². The normalized spacial score (nSPS) is 18.0. The number of hydrogen-bond acceptors (Lipinski definition) is 3. The lowest BCUT2D eigenvalue weighted by molar-refractivity contribution is 0.238. The molecule has 0 radical (unpaired) electrons. The van der Waals surface area contributed by atoms with Crippen molar-refractivity contribution in [2.75, 3.05) is 12.4 Å². The second kappa shape index (κ2) is 4.53. The molecule has 50 valence electrons. The summed E-state index contributed by atoms with van der Waals surface area (Å²) >= 11 is 8.19. The summed E-state index contributed by atoms with van der Waals surface area (Å²) in [4.78, 5) is 0. The lowest BCUT2D eigenvalue weighted by Gasteiger charge is -2.12. The maximum Gasteiger partial charge on any atom is 0.0467 e. The van der Waals surface area contributed by atoms with Crippen LogP contribution in [0.4, 0.5) is 0 Å². The largest absolute Gasteiger partial charge is 0.396 e. The smallest absolute Gasteiger partial charge is 0.0467 e. The zero-order valence-electron chi connectivity index (χ0n) is 4.91. The predicted octanol–water partition coefficient (Wildman–Crippen LogP) is 0.843. The fourth-order valence-corrected chi connectivity index (χ4v) is 0.756. The first-order valence-electron chi connectivity index (χ1n) is 2.62. The molecule has 1 nitrogen and oxygen atoms in total. The summed E-state index contributed by atoms with van der Waals surface area (Å²) in [7, 11) is 0. The minimum Gasteiger partial charge on any atom is -0.396 e. The van der Waals surface area contributed by atoms with Gasteiger partial charge in [-0.15, -0.1) is 0 Å². The van der Waals surface area contributed by atoms with Gasteiger partial charge in [-0.05, 0) is 5.92 Å². The Morgan fingerprint density at radius 3 is 2.25 bits per heavy atom. The highest BCUT2D eigenvalue weighted by molar-refractivity contribution is 7.84. The van der Waals surface area contributed by atoms with Crippen molar-refractivity contribution in [2.24, 2.45) is 5.92 Å². The number of thiol groups is 2. The van der Waals surface area contributed by atoms with E-state index in [-0.39, 0.29) is 17.8 Å². The van der Waals surface area contributed by atoms with Crippen molar-refractivity contribution < 1.29 is 5.11 Å². The predicted molar refractivity (Wildman–Crippen MR) is 42.9 cm³/mol. The van der Waals surface area contributed by atoms with E-state index in [0.717, 1.165) is 5.75 Å². The quantitative estimate of drug-likeness (QED) is 0.512. The molecule has 0 aromatic carbocycles. The molecule has 8 heavy (non-hydrogen) atoms. The van der Waals surface area contributed by atoms with Crippen LogP contribution in [0.3, 0.4) is 0 Å². The zero-order valence-corrected chi connectivity index (χ0v) is 6.70. The van der Waals surface area contributed by atoms with Crippen molar-refractivity contribution in [2.45, 2.75) is 12.2 Å². The third kappa shape index (κ3) is 2.84. The van der Waals surface area contributed by atoms with E-state index < -0.39 is 0 Å². The van der Waals surface area contributed by atoms with Crippen LogP contribution in [-0.4, -0.2) is 22.7 Å². The van der Waals surface area contributed by atoms with E-state index >= 15 is 0 Å². The maximum atomic E-state index is 8.55. The number of hydrogen-bond donors (Lipinski definition) is 3. The van der Waals surface area contributed by atoms with Gasteiger partial charge in [-0.3, -0.25) is 0 Å². The zero-order chi connectivity index (χ0) is 6.57. The average molecular weight is 152 g/mol. The maximum absolute atomic E-state index is 8.55.